The second-order valence-corrected chi connectivity index (χ2v) is 7.28. The summed E-state index contributed by atoms with van der Waals surface area (Å²) in [7, 11) is 6.05. The van der Waals surface area contributed by atoms with Crippen molar-refractivity contribution in [1.29, 1.82) is 0 Å². The fraction of sp³-hybridized carbons (Fsp3) is 0.348. The highest BCUT2D eigenvalue weighted by Gasteiger charge is 2.26. The minimum atomic E-state index is -0.915. The van der Waals surface area contributed by atoms with Gasteiger partial charge in [-0.2, -0.15) is 0 Å². The van der Waals surface area contributed by atoms with Crippen LogP contribution in [-0.4, -0.2) is 58.7 Å². The van der Waals surface area contributed by atoms with E-state index < -0.39 is 24.0 Å². The number of likely N-dealkylation sites (N-methyl/N-ethyl adjacent to an activating group) is 1. The molecule has 170 valence electrons. The lowest BCUT2D eigenvalue weighted by molar-refractivity contribution is -0.145. The van der Waals surface area contributed by atoms with Crippen molar-refractivity contribution < 1.29 is 28.6 Å². The van der Waals surface area contributed by atoms with Crippen molar-refractivity contribution in [3.8, 4) is 22.6 Å². The molecule has 2 unspecified atom stereocenters. The molecule has 32 heavy (non-hydrogen) atoms. The molecule has 0 fully saturated rings. The Labute approximate surface area is 186 Å². The van der Waals surface area contributed by atoms with Gasteiger partial charge in [-0.1, -0.05) is 12.1 Å². The Morgan fingerprint density at radius 3 is 2.28 bits per heavy atom. The van der Waals surface area contributed by atoms with E-state index >= 15 is 0 Å². The van der Waals surface area contributed by atoms with Crippen molar-refractivity contribution >= 4 is 17.8 Å². The normalized spacial score (nSPS) is 18.6. The molecule has 9 heteroatoms. The number of hydrogen-bond acceptors (Lipinski definition) is 7. The second kappa shape index (κ2) is 10.1. The van der Waals surface area contributed by atoms with Crippen LogP contribution < -0.4 is 25.4 Å². The van der Waals surface area contributed by atoms with Crippen molar-refractivity contribution in [2.24, 2.45) is 0 Å². The first-order valence-electron chi connectivity index (χ1n) is 10.1. The number of ether oxygens (including phenoxy) is 3. The molecule has 3 N–H and O–H groups in total. The smallest absolute Gasteiger partial charge is 0.328 e. The van der Waals surface area contributed by atoms with Crippen LogP contribution in [0.5, 0.6) is 11.5 Å². The summed E-state index contributed by atoms with van der Waals surface area (Å²) in [4.78, 5) is 37.5. The number of hydrogen-bond donors (Lipinski definition) is 3. The number of fused-ring (bicyclic) bond motifs is 5. The molecule has 2 atom stereocenters. The van der Waals surface area contributed by atoms with E-state index in [0.29, 0.717) is 17.1 Å². The van der Waals surface area contributed by atoms with Gasteiger partial charge in [0.15, 0.2) is 0 Å². The lowest BCUT2D eigenvalue weighted by Gasteiger charge is -2.22. The summed E-state index contributed by atoms with van der Waals surface area (Å²) in [6.07, 6.45) is 0.199. The quantitative estimate of drug-likeness (QED) is 0.606. The molecule has 2 aromatic rings. The zero-order valence-corrected chi connectivity index (χ0v) is 18.5. The molecule has 4 bridgehead atoms. The Morgan fingerprint density at radius 1 is 1.00 bits per heavy atom. The van der Waals surface area contributed by atoms with Crippen molar-refractivity contribution in [1.82, 2.24) is 16.0 Å². The van der Waals surface area contributed by atoms with Gasteiger partial charge >= 0.3 is 5.97 Å². The summed E-state index contributed by atoms with van der Waals surface area (Å²) in [5.74, 6) is -0.262. The van der Waals surface area contributed by atoms with Crippen LogP contribution in [0.25, 0.3) is 11.1 Å². The van der Waals surface area contributed by atoms with Gasteiger partial charge in [-0.3, -0.25) is 9.59 Å². The first kappa shape index (κ1) is 23.1. The number of rotatable bonds is 4. The van der Waals surface area contributed by atoms with Crippen molar-refractivity contribution in [3.05, 3.63) is 47.5 Å². The summed E-state index contributed by atoms with van der Waals surface area (Å²) >= 11 is 0. The van der Waals surface area contributed by atoms with Crippen molar-refractivity contribution in [3.63, 3.8) is 0 Å². The van der Waals surface area contributed by atoms with Gasteiger partial charge in [0.1, 0.15) is 23.6 Å². The molecular weight excluding hydrogens is 414 g/mol. The minimum Gasteiger partial charge on any atom is -0.496 e. The maximum Gasteiger partial charge on any atom is 0.328 e. The van der Waals surface area contributed by atoms with Gasteiger partial charge in [-0.15, -0.1) is 0 Å². The Bertz CT molecular complexity index is 1020. The van der Waals surface area contributed by atoms with Crippen LogP contribution in [0, 0.1) is 0 Å². The number of esters is 1. The summed E-state index contributed by atoms with van der Waals surface area (Å²) in [6, 6.07) is 9.30. The van der Waals surface area contributed by atoms with E-state index in [1.807, 2.05) is 18.2 Å². The Morgan fingerprint density at radius 2 is 1.66 bits per heavy atom. The van der Waals surface area contributed by atoms with Crippen LogP contribution in [0.15, 0.2) is 36.4 Å². The number of methoxy groups -OCH3 is 3. The number of carbonyl (C=O) groups is 3. The van der Waals surface area contributed by atoms with E-state index in [0.717, 1.165) is 16.7 Å². The molecule has 0 radical (unpaired) electrons. The zero-order chi connectivity index (χ0) is 23.3. The minimum absolute atomic E-state index is 0.199. The average molecular weight is 441 g/mol. The fourth-order valence-electron chi connectivity index (χ4n) is 3.74. The van der Waals surface area contributed by atoms with E-state index in [1.54, 1.807) is 39.5 Å². The molecule has 1 heterocycles. The standard InChI is InChI=1S/C23H27N3O6/c1-24-21-14-6-8-19(31-3)16(11-14)15-9-13(5-7-18(15)30-2)10-17(23(29)32-4)26-20(27)12-25-22(21)28/h5-9,11,17,21,24H,10,12H2,1-4H3,(H,25,28)(H,26,27). The molecule has 1 aliphatic heterocycles. The van der Waals surface area contributed by atoms with Gasteiger partial charge in [0.2, 0.25) is 11.8 Å². The van der Waals surface area contributed by atoms with E-state index in [-0.39, 0.29) is 18.9 Å². The number of amides is 2. The Balaban J connectivity index is 2.21. The van der Waals surface area contributed by atoms with Crippen LogP contribution >= 0.6 is 0 Å². The first-order valence-corrected chi connectivity index (χ1v) is 10.1. The lowest BCUT2D eigenvalue weighted by Crippen LogP contribution is -2.48. The Hall–Kier alpha value is -3.59. The number of carbonyl (C=O) groups excluding carboxylic acids is 3. The van der Waals surface area contributed by atoms with Crippen LogP contribution in [0.2, 0.25) is 0 Å². The fourth-order valence-corrected chi connectivity index (χ4v) is 3.74. The second-order valence-electron chi connectivity index (χ2n) is 7.28. The largest absolute Gasteiger partial charge is 0.496 e. The van der Waals surface area contributed by atoms with E-state index in [9.17, 15) is 14.4 Å². The molecule has 2 aromatic carbocycles. The maximum absolute atomic E-state index is 12.8. The summed E-state index contributed by atoms with van der Waals surface area (Å²) in [5.41, 5.74) is 2.94. The average Bonchev–Trinajstić information content (AvgIpc) is 2.81. The molecule has 0 saturated carbocycles. The molecule has 9 nitrogen and oxygen atoms in total. The van der Waals surface area contributed by atoms with Gasteiger partial charge in [0.05, 0.1) is 27.9 Å². The van der Waals surface area contributed by atoms with E-state index in [4.69, 9.17) is 14.2 Å². The predicted molar refractivity (Wildman–Crippen MR) is 117 cm³/mol. The van der Waals surface area contributed by atoms with Gasteiger partial charge in [0.25, 0.3) is 0 Å². The van der Waals surface area contributed by atoms with Gasteiger partial charge in [0, 0.05) is 17.5 Å². The highest BCUT2D eigenvalue weighted by Crippen LogP contribution is 2.39. The van der Waals surface area contributed by atoms with E-state index in [1.165, 1.54) is 7.11 Å². The summed E-state index contributed by atoms with van der Waals surface area (Å²) in [6.45, 7) is -0.276. The van der Waals surface area contributed by atoms with Crippen LogP contribution in [-0.2, 0) is 25.5 Å². The van der Waals surface area contributed by atoms with Crippen molar-refractivity contribution in [2.75, 3.05) is 34.9 Å². The number of benzene rings is 2. The third kappa shape index (κ3) is 4.83. The van der Waals surface area contributed by atoms with Crippen LogP contribution in [0.4, 0.5) is 0 Å². The monoisotopic (exact) mass is 441 g/mol. The first-order chi connectivity index (χ1) is 15.4. The molecular formula is C23H27N3O6. The molecule has 2 amide bonds. The van der Waals surface area contributed by atoms with Gasteiger partial charge < -0.3 is 30.2 Å². The Kier molecular flexibility index (Phi) is 7.32. The third-order valence-electron chi connectivity index (χ3n) is 5.35. The van der Waals surface area contributed by atoms with Crippen LogP contribution in [0.3, 0.4) is 0 Å². The molecule has 3 rings (SSSR count). The van der Waals surface area contributed by atoms with Gasteiger partial charge in [-0.05, 0) is 42.4 Å². The summed E-state index contributed by atoms with van der Waals surface area (Å²) < 4.78 is 16.0. The molecule has 1 aliphatic rings. The third-order valence-corrected chi connectivity index (χ3v) is 5.35. The SMILES string of the molecule is CNC1C(=O)NCC(=O)NC(C(=O)OC)Cc2ccc(OC)c(c2)-c2cc1ccc2OC. The highest BCUT2D eigenvalue weighted by molar-refractivity contribution is 5.91. The highest BCUT2D eigenvalue weighted by atomic mass is 16.5. The van der Waals surface area contributed by atoms with E-state index in [2.05, 4.69) is 16.0 Å². The molecule has 0 spiro atoms. The van der Waals surface area contributed by atoms with Crippen molar-refractivity contribution in [2.45, 2.75) is 18.5 Å². The molecule has 0 aromatic heterocycles. The van der Waals surface area contributed by atoms with Gasteiger partial charge in [-0.25, -0.2) is 4.79 Å². The lowest BCUT2D eigenvalue weighted by atomic mass is 9.94. The zero-order valence-electron chi connectivity index (χ0n) is 18.5. The molecule has 0 saturated heterocycles. The predicted octanol–water partition coefficient (Wildman–Crippen LogP) is 0.961. The maximum atomic E-state index is 12.8. The van der Waals surface area contributed by atoms with Crippen LogP contribution in [0.1, 0.15) is 17.2 Å². The molecule has 0 aliphatic carbocycles. The topological polar surface area (TPSA) is 115 Å². The number of nitrogens with one attached hydrogen (secondary N) is 3. The summed E-state index contributed by atoms with van der Waals surface area (Å²) in [5, 5.41) is 8.22.